The van der Waals surface area contributed by atoms with Gasteiger partial charge < -0.3 is 15.1 Å². The van der Waals surface area contributed by atoms with E-state index in [-0.39, 0.29) is 17.9 Å². The Morgan fingerprint density at radius 2 is 2.12 bits per heavy atom. The van der Waals surface area contributed by atoms with E-state index in [1.54, 1.807) is 12.1 Å². The van der Waals surface area contributed by atoms with Gasteiger partial charge in [0.1, 0.15) is 5.82 Å². The summed E-state index contributed by atoms with van der Waals surface area (Å²) in [6.07, 6.45) is 4.73. The number of nitrogens with one attached hydrogen (secondary N) is 1. The number of halogens is 1. The topological polar surface area (TPSA) is 35.6 Å². The van der Waals surface area contributed by atoms with Crippen molar-refractivity contribution in [3.8, 4) is 0 Å². The van der Waals surface area contributed by atoms with Crippen molar-refractivity contribution >= 4 is 29.2 Å². The summed E-state index contributed by atoms with van der Waals surface area (Å²) in [5.74, 6) is 0.680. The van der Waals surface area contributed by atoms with E-state index in [2.05, 4.69) is 5.32 Å². The molecule has 1 aliphatic carbocycles. The Morgan fingerprint density at radius 3 is 2.84 bits per heavy atom. The van der Waals surface area contributed by atoms with Crippen LogP contribution in [0.5, 0.6) is 0 Å². The largest absolute Gasteiger partial charge is 0.370 e. The van der Waals surface area contributed by atoms with Gasteiger partial charge in [0.05, 0.1) is 5.69 Å². The van der Waals surface area contributed by atoms with Crippen molar-refractivity contribution in [3.05, 3.63) is 24.0 Å². The molecule has 6 heteroatoms. The highest BCUT2D eigenvalue weighted by Gasteiger charge is 2.36. The van der Waals surface area contributed by atoms with E-state index in [4.69, 9.17) is 0 Å². The van der Waals surface area contributed by atoms with Crippen LogP contribution < -0.4 is 10.2 Å². The van der Waals surface area contributed by atoms with Crippen LogP contribution >= 0.6 is 11.8 Å². The Labute approximate surface area is 154 Å². The van der Waals surface area contributed by atoms with Gasteiger partial charge >= 0.3 is 6.03 Å². The van der Waals surface area contributed by atoms with Gasteiger partial charge in [0, 0.05) is 42.4 Å². The molecule has 4 nitrogen and oxygen atoms in total. The minimum absolute atomic E-state index is 0.0958. The summed E-state index contributed by atoms with van der Waals surface area (Å²) in [5, 5.41) is 3.46. The molecule has 0 aromatic heterocycles. The van der Waals surface area contributed by atoms with E-state index in [0.717, 1.165) is 18.7 Å². The SMILES string of the molecule is CC(C)N(C)c1ccc(NC(=O)N2CCSC3CCCCC32)cc1F. The quantitative estimate of drug-likeness (QED) is 0.853. The third kappa shape index (κ3) is 4.05. The number of carbonyl (C=O) groups is 1. The monoisotopic (exact) mass is 365 g/mol. The highest BCUT2D eigenvalue weighted by atomic mass is 32.2. The first-order valence-corrected chi connectivity index (χ1v) is 10.2. The first-order valence-electron chi connectivity index (χ1n) is 9.19. The molecule has 0 spiro atoms. The van der Waals surface area contributed by atoms with Crippen molar-refractivity contribution in [2.45, 2.75) is 56.9 Å². The molecule has 0 bridgehead atoms. The maximum atomic E-state index is 14.4. The lowest BCUT2D eigenvalue weighted by atomic mass is 9.93. The lowest BCUT2D eigenvalue weighted by molar-refractivity contribution is 0.171. The van der Waals surface area contributed by atoms with E-state index in [1.807, 2.05) is 42.5 Å². The molecule has 1 heterocycles. The second-order valence-corrected chi connectivity index (χ2v) is 8.60. The second-order valence-electron chi connectivity index (χ2n) is 7.26. The minimum Gasteiger partial charge on any atom is -0.370 e. The van der Waals surface area contributed by atoms with Gasteiger partial charge in [-0.05, 0) is 44.9 Å². The summed E-state index contributed by atoms with van der Waals surface area (Å²) in [4.78, 5) is 16.6. The number of hydrogen-bond acceptors (Lipinski definition) is 3. The van der Waals surface area contributed by atoms with Crippen LogP contribution in [0, 0.1) is 5.82 Å². The third-order valence-corrected chi connectivity index (χ3v) is 6.74. The summed E-state index contributed by atoms with van der Waals surface area (Å²) >= 11 is 2.00. The Kier molecular flexibility index (Phi) is 5.77. The number of nitrogens with zero attached hydrogens (tertiary/aromatic N) is 2. The molecule has 0 radical (unpaired) electrons. The predicted molar refractivity (Wildman–Crippen MR) is 104 cm³/mol. The van der Waals surface area contributed by atoms with Gasteiger partial charge in [-0.2, -0.15) is 11.8 Å². The van der Waals surface area contributed by atoms with E-state index >= 15 is 0 Å². The van der Waals surface area contributed by atoms with Crippen LogP contribution in [0.25, 0.3) is 0 Å². The van der Waals surface area contributed by atoms with Gasteiger partial charge in [0.15, 0.2) is 0 Å². The number of benzene rings is 1. The van der Waals surface area contributed by atoms with Gasteiger partial charge in [-0.1, -0.05) is 12.8 Å². The summed E-state index contributed by atoms with van der Waals surface area (Å²) in [5.41, 5.74) is 1.07. The van der Waals surface area contributed by atoms with E-state index < -0.39 is 0 Å². The smallest absolute Gasteiger partial charge is 0.322 e. The van der Waals surface area contributed by atoms with E-state index in [1.165, 1.54) is 25.3 Å². The zero-order chi connectivity index (χ0) is 18.0. The van der Waals surface area contributed by atoms with Crippen LogP contribution in [0.1, 0.15) is 39.5 Å². The fourth-order valence-corrected chi connectivity index (χ4v) is 5.14. The molecule has 1 N–H and O–H groups in total. The lowest BCUT2D eigenvalue weighted by Gasteiger charge is -2.43. The van der Waals surface area contributed by atoms with Crippen molar-refractivity contribution in [2.75, 3.05) is 29.6 Å². The third-order valence-electron chi connectivity index (χ3n) is 5.35. The molecule has 1 saturated heterocycles. The van der Waals surface area contributed by atoms with E-state index in [0.29, 0.717) is 22.7 Å². The molecule has 2 fully saturated rings. The van der Waals surface area contributed by atoms with Crippen LogP contribution in [-0.4, -0.2) is 47.6 Å². The van der Waals surface area contributed by atoms with Crippen LogP contribution in [0.4, 0.5) is 20.6 Å². The molecule has 1 aromatic rings. The second kappa shape index (κ2) is 7.85. The van der Waals surface area contributed by atoms with Crippen LogP contribution in [0.2, 0.25) is 0 Å². The van der Waals surface area contributed by atoms with Gasteiger partial charge in [0.25, 0.3) is 0 Å². The van der Waals surface area contributed by atoms with Crippen LogP contribution in [0.3, 0.4) is 0 Å². The number of hydrogen-bond donors (Lipinski definition) is 1. The number of rotatable bonds is 3. The first kappa shape index (κ1) is 18.4. The van der Waals surface area contributed by atoms with Crippen molar-refractivity contribution < 1.29 is 9.18 Å². The van der Waals surface area contributed by atoms with Gasteiger partial charge in [-0.3, -0.25) is 0 Å². The minimum atomic E-state index is -0.307. The molecule has 2 unspecified atom stereocenters. The lowest BCUT2D eigenvalue weighted by Crippen LogP contribution is -2.53. The van der Waals surface area contributed by atoms with Crippen molar-refractivity contribution in [3.63, 3.8) is 0 Å². The highest BCUT2D eigenvalue weighted by molar-refractivity contribution is 8.00. The fourth-order valence-electron chi connectivity index (χ4n) is 3.69. The Hall–Kier alpha value is -1.43. The Morgan fingerprint density at radius 1 is 1.36 bits per heavy atom. The fraction of sp³-hybridized carbons (Fsp3) is 0.632. The maximum Gasteiger partial charge on any atom is 0.322 e. The molecule has 2 atom stereocenters. The van der Waals surface area contributed by atoms with Crippen LogP contribution in [0.15, 0.2) is 18.2 Å². The highest BCUT2D eigenvalue weighted by Crippen LogP contribution is 2.35. The number of carbonyl (C=O) groups excluding carboxylic acids is 1. The number of thioether (sulfide) groups is 1. The normalized spacial score (nSPS) is 23.3. The zero-order valence-electron chi connectivity index (χ0n) is 15.3. The van der Waals surface area contributed by atoms with Gasteiger partial charge in [0.2, 0.25) is 0 Å². The number of urea groups is 1. The Balaban J connectivity index is 1.69. The molecular weight excluding hydrogens is 337 g/mol. The summed E-state index contributed by atoms with van der Waals surface area (Å²) in [7, 11) is 1.87. The number of fused-ring (bicyclic) bond motifs is 1. The molecule has 2 aliphatic rings. The summed E-state index contributed by atoms with van der Waals surface area (Å²) in [6, 6.07) is 5.38. The van der Waals surface area contributed by atoms with Crippen molar-refractivity contribution in [2.24, 2.45) is 0 Å². The number of anilines is 2. The molecule has 2 amide bonds. The van der Waals surface area contributed by atoms with E-state index in [9.17, 15) is 9.18 Å². The molecule has 3 rings (SSSR count). The predicted octanol–water partition coefficient (Wildman–Crippen LogP) is 4.56. The standard InChI is InChI=1S/C19H28FN3OS/c1-13(2)22(3)16-9-8-14(12-15(16)20)21-19(24)23-10-11-25-18-7-5-4-6-17(18)23/h8-9,12-13,17-18H,4-7,10-11H2,1-3H3,(H,21,24). The zero-order valence-corrected chi connectivity index (χ0v) is 16.1. The van der Waals surface area contributed by atoms with Crippen molar-refractivity contribution in [1.82, 2.24) is 4.90 Å². The maximum absolute atomic E-state index is 14.4. The van der Waals surface area contributed by atoms with Crippen LogP contribution in [-0.2, 0) is 0 Å². The average Bonchev–Trinajstić information content (AvgIpc) is 2.60. The first-order chi connectivity index (χ1) is 12.0. The molecule has 138 valence electrons. The molecule has 1 saturated carbocycles. The molecule has 1 aromatic carbocycles. The van der Waals surface area contributed by atoms with Gasteiger partial charge in [-0.25, -0.2) is 9.18 Å². The van der Waals surface area contributed by atoms with Gasteiger partial charge in [-0.15, -0.1) is 0 Å². The molecule has 25 heavy (non-hydrogen) atoms. The molecular formula is C19H28FN3OS. The summed E-state index contributed by atoms with van der Waals surface area (Å²) in [6.45, 7) is 4.81. The number of amides is 2. The van der Waals surface area contributed by atoms with Crippen molar-refractivity contribution in [1.29, 1.82) is 0 Å². The average molecular weight is 366 g/mol. The Bertz CT molecular complexity index is 623. The summed E-state index contributed by atoms with van der Waals surface area (Å²) < 4.78 is 14.4. The molecule has 1 aliphatic heterocycles.